The van der Waals surface area contributed by atoms with Crippen molar-refractivity contribution in [3.05, 3.63) is 57.6 Å². The quantitative estimate of drug-likeness (QED) is 0.628. The Bertz CT molecular complexity index is 868. The topological polar surface area (TPSA) is 105 Å². The number of phenols is 1. The Balaban J connectivity index is 2.13. The molecule has 0 bridgehead atoms. The van der Waals surface area contributed by atoms with Gasteiger partial charge in [-0.05, 0) is 24.6 Å². The summed E-state index contributed by atoms with van der Waals surface area (Å²) in [4.78, 5) is 25.1. The molecule has 0 fully saturated rings. The summed E-state index contributed by atoms with van der Waals surface area (Å²) < 4.78 is 5.07. The number of carbonyl (C=O) groups excluding carboxylic acids is 1. The van der Waals surface area contributed by atoms with Gasteiger partial charge in [0.15, 0.2) is 5.75 Å². The maximum atomic E-state index is 12.9. The number of benzene rings is 2. The standard InChI is InChI=1S/C18H19N3O5/c1-3-8-20-17(19-13-7-5-4-6-12(13)18(20)23)11-9-14(21(24)25)16(22)15(10-11)26-2/h4-7,9-10,17,19,22H,3,8H2,1-2H3/t17-/m0/s1. The normalized spacial score (nSPS) is 16.0. The van der Waals surface area contributed by atoms with Crippen molar-refractivity contribution in [2.75, 3.05) is 19.0 Å². The molecule has 0 spiro atoms. The zero-order chi connectivity index (χ0) is 18.8. The predicted octanol–water partition coefficient (Wildman–Crippen LogP) is 3.29. The molecular weight excluding hydrogens is 338 g/mol. The molecule has 0 radical (unpaired) electrons. The van der Waals surface area contributed by atoms with Gasteiger partial charge in [0.25, 0.3) is 5.91 Å². The number of carbonyl (C=O) groups is 1. The number of ether oxygens (including phenoxy) is 1. The number of hydrogen-bond acceptors (Lipinski definition) is 6. The van der Waals surface area contributed by atoms with E-state index in [4.69, 9.17) is 4.74 Å². The molecule has 0 aliphatic carbocycles. The van der Waals surface area contributed by atoms with Gasteiger partial charge in [0.1, 0.15) is 6.17 Å². The van der Waals surface area contributed by atoms with E-state index < -0.39 is 22.5 Å². The van der Waals surface area contributed by atoms with Gasteiger partial charge >= 0.3 is 5.69 Å². The number of nitro groups is 1. The number of hydrogen-bond donors (Lipinski definition) is 2. The Morgan fingerprint density at radius 2 is 2.08 bits per heavy atom. The molecule has 1 atom stereocenters. The third-order valence-electron chi connectivity index (χ3n) is 4.30. The Labute approximate surface area is 150 Å². The molecule has 0 aromatic heterocycles. The van der Waals surface area contributed by atoms with Crippen LogP contribution in [0.15, 0.2) is 36.4 Å². The first kappa shape index (κ1) is 17.5. The van der Waals surface area contributed by atoms with Crippen LogP contribution in [0.2, 0.25) is 0 Å². The van der Waals surface area contributed by atoms with Crippen LogP contribution < -0.4 is 10.1 Å². The molecule has 1 amide bonds. The molecule has 1 aliphatic rings. The molecule has 3 rings (SSSR count). The van der Waals surface area contributed by atoms with Gasteiger partial charge in [-0.2, -0.15) is 0 Å². The lowest BCUT2D eigenvalue weighted by Gasteiger charge is -2.38. The van der Waals surface area contributed by atoms with Gasteiger partial charge in [0.2, 0.25) is 5.75 Å². The lowest BCUT2D eigenvalue weighted by Crippen LogP contribution is -2.43. The van der Waals surface area contributed by atoms with Crippen LogP contribution in [0.3, 0.4) is 0 Å². The van der Waals surface area contributed by atoms with Crippen molar-refractivity contribution in [3.63, 3.8) is 0 Å². The van der Waals surface area contributed by atoms with Gasteiger partial charge in [-0.1, -0.05) is 19.1 Å². The van der Waals surface area contributed by atoms with Gasteiger partial charge in [0, 0.05) is 23.9 Å². The zero-order valence-electron chi connectivity index (χ0n) is 14.4. The third kappa shape index (κ3) is 2.90. The highest BCUT2D eigenvalue weighted by Crippen LogP contribution is 2.41. The smallest absolute Gasteiger partial charge is 0.315 e. The number of para-hydroxylation sites is 1. The van der Waals surface area contributed by atoms with Gasteiger partial charge in [0.05, 0.1) is 17.6 Å². The largest absolute Gasteiger partial charge is 0.500 e. The van der Waals surface area contributed by atoms with E-state index in [0.29, 0.717) is 23.4 Å². The van der Waals surface area contributed by atoms with Crippen molar-refractivity contribution in [1.29, 1.82) is 0 Å². The number of aromatic hydroxyl groups is 1. The average molecular weight is 357 g/mol. The van der Waals surface area contributed by atoms with E-state index >= 15 is 0 Å². The molecule has 1 heterocycles. The fourth-order valence-electron chi connectivity index (χ4n) is 3.09. The summed E-state index contributed by atoms with van der Waals surface area (Å²) in [6, 6.07) is 9.89. The first-order chi connectivity index (χ1) is 12.5. The molecular formula is C18H19N3O5. The van der Waals surface area contributed by atoms with Crippen molar-refractivity contribution in [2.24, 2.45) is 0 Å². The second-order valence-corrected chi connectivity index (χ2v) is 5.94. The summed E-state index contributed by atoms with van der Waals surface area (Å²) in [6.45, 7) is 2.42. The number of phenolic OH excluding ortho intramolecular Hbond substituents is 1. The maximum Gasteiger partial charge on any atom is 0.315 e. The summed E-state index contributed by atoms with van der Waals surface area (Å²) in [6.07, 6.45) is 0.120. The third-order valence-corrected chi connectivity index (χ3v) is 4.30. The number of methoxy groups -OCH3 is 1. The molecule has 136 valence electrons. The first-order valence-electron chi connectivity index (χ1n) is 8.19. The number of nitrogens with zero attached hydrogens (tertiary/aromatic N) is 2. The first-order valence-corrected chi connectivity index (χ1v) is 8.19. The van der Waals surface area contributed by atoms with E-state index in [0.717, 1.165) is 6.42 Å². The van der Waals surface area contributed by atoms with Crippen LogP contribution in [0.4, 0.5) is 11.4 Å². The van der Waals surface area contributed by atoms with Crippen molar-refractivity contribution < 1.29 is 19.6 Å². The van der Waals surface area contributed by atoms with Gasteiger partial charge in [-0.15, -0.1) is 0 Å². The van der Waals surface area contributed by atoms with Crippen LogP contribution in [0.5, 0.6) is 11.5 Å². The molecule has 26 heavy (non-hydrogen) atoms. The summed E-state index contributed by atoms with van der Waals surface area (Å²) in [5.74, 6) is -0.703. The fourth-order valence-corrected chi connectivity index (χ4v) is 3.09. The molecule has 0 saturated heterocycles. The van der Waals surface area contributed by atoms with Crippen molar-refractivity contribution in [2.45, 2.75) is 19.5 Å². The minimum absolute atomic E-state index is 0.0150. The summed E-state index contributed by atoms with van der Waals surface area (Å²) in [7, 11) is 1.32. The minimum Gasteiger partial charge on any atom is -0.500 e. The van der Waals surface area contributed by atoms with Crippen LogP contribution in [-0.4, -0.2) is 34.5 Å². The average Bonchev–Trinajstić information content (AvgIpc) is 2.64. The van der Waals surface area contributed by atoms with E-state index in [1.54, 1.807) is 23.1 Å². The molecule has 8 nitrogen and oxygen atoms in total. The lowest BCUT2D eigenvalue weighted by atomic mass is 10.0. The van der Waals surface area contributed by atoms with E-state index in [1.165, 1.54) is 19.2 Å². The number of rotatable bonds is 5. The Hall–Kier alpha value is -3.29. The van der Waals surface area contributed by atoms with Crippen molar-refractivity contribution >= 4 is 17.3 Å². The number of nitro benzene ring substituents is 1. The van der Waals surface area contributed by atoms with Crippen molar-refractivity contribution in [1.82, 2.24) is 4.90 Å². The highest BCUT2D eigenvalue weighted by atomic mass is 16.6. The zero-order valence-corrected chi connectivity index (χ0v) is 14.4. The Kier molecular flexibility index (Phi) is 4.66. The van der Waals surface area contributed by atoms with Gasteiger partial charge in [-0.25, -0.2) is 0 Å². The van der Waals surface area contributed by atoms with E-state index in [9.17, 15) is 20.0 Å². The number of anilines is 1. The van der Waals surface area contributed by atoms with E-state index in [-0.39, 0.29) is 11.7 Å². The fraction of sp³-hybridized carbons (Fsp3) is 0.278. The summed E-state index contributed by atoms with van der Waals surface area (Å²) >= 11 is 0. The van der Waals surface area contributed by atoms with Crippen LogP contribution in [0.1, 0.15) is 35.4 Å². The molecule has 1 aliphatic heterocycles. The molecule has 0 saturated carbocycles. The number of amides is 1. The monoisotopic (exact) mass is 357 g/mol. The SMILES string of the molecule is CCCN1C(=O)c2ccccc2N[C@@H]1c1cc(OC)c(O)c([N+](=O)[O-])c1. The van der Waals surface area contributed by atoms with Crippen LogP contribution in [-0.2, 0) is 0 Å². The van der Waals surface area contributed by atoms with E-state index in [2.05, 4.69) is 5.32 Å². The second kappa shape index (κ2) is 6.91. The van der Waals surface area contributed by atoms with Gasteiger partial charge < -0.3 is 20.1 Å². The van der Waals surface area contributed by atoms with Gasteiger partial charge in [-0.3, -0.25) is 14.9 Å². The molecule has 8 heteroatoms. The second-order valence-electron chi connectivity index (χ2n) is 5.94. The number of nitrogens with one attached hydrogen (secondary N) is 1. The molecule has 2 N–H and O–H groups in total. The Morgan fingerprint density at radius 1 is 1.35 bits per heavy atom. The minimum atomic E-state index is -0.676. The molecule has 2 aromatic carbocycles. The highest BCUT2D eigenvalue weighted by Gasteiger charge is 2.34. The molecule has 2 aromatic rings. The maximum absolute atomic E-state index is 12.9. The molecule has 0 unspecified atom stereocenters. The highest BCUT2D eigenvalue weighted by molar-refractivity contribution is 6.01. The van der Waals surface area contributed by atoms with Crippen LogP contribution in [0, 0.1) is 10.1 Å². The predicted molar refractivity (Wildman–Crippen MR) is 95.4 cm³/mol. The van der Waals surface area contributed by atoms with E-state index in [1.807, 2.05) is 13.0 Å². The Morgan fingerprint density at radius 3 is 2.73 bits per heavy atom. The summed E-state index contributed by atoms with van der Waals surface area (Å²) in [5.41, 5.74) is 1.20. The van der Waals surface area contributed by atoms with Crippen LogP contribution in [0.25, 0.3) is 0 Å². The summed E-state index contributed by atoms with van der Waals surface area (Å²) in [5, 5.41) is 24.5. The lowest BCUT2D eigenvalue weighted by molar-refractivity contribution is -0.386. The van der Waals surface area contributed by atoms with Crippen molar-refractivity contribution in [3.8, 4) is 11.5 Å². The number of fused-ring (bicyclic) bond motifs is 1. The van der Waals surface area contributed by atoms with Crippen LogP contribution >= 0.6 is 0 Å².